The molecule has 6 heteroatoms. The maximum atomic E-state index is 10.8. The molecular weight excluding hydrogens is 256 g/mol. The van der Waals surface area contributed by atoms with E-state index in [0.717, 1.165) is 38.3 Å². The zero-order chi connectivity index (χ0) is 13.0. The third kappa shape index (κ3) is 3.34. The van der Waals surface area contributed by atoms with Gasteiger partial charge in [-0.1, -0.05) is 11.6 Å². The Labute approximate surface area is 110 Å². The molecule has 1 unspecified atom stereocenters. The lowest BCUT2D eigenvalue weighted by molar-refractivity contribution is -0.384. The molecule has 0 aliphatic carbocycles. The molecule has 0 spiro atoms. The van der Waals surface area contributed by atoms with Gasteiger partial charge in [-0.2, -0.15) is 0 Å². The number of nitrogens with zero attached hydrogens (tertiary/aromatic N) is 1. The van der Waals surface area contributed by atoms with Crippen LogP contribution in [0.4, 0.5) is 11.4 Å². The summed E-state index contributed by atoms with van der Waals surface area (Å²) in [5, 5.41) is 14.1. The van der Waals surface area contributed by atoms with Crippen molar-refractivity contribution >= 4 is 23.0 Å². The van der Waals surface area contributed by atoms with Crippen molar-refractivity contribution in [3.63, 3.8) is 0 Å². The minimum Gasteiger partial charge on any atom is -0.384 e. The fraction of sp³-hybridized carbons (Fsp3) is 0.500. The minimum atomic E-state index is -0.475. The Morgan fingerprint density at radius 1 is 1.56 bits per heavy atom. The fourth-order valence-electron chi connectivity index (χ4n) is 1.99. The largest absolute Gasteiger partial charge is 0.384 e. The summed E-state index contributed by atoms with van der Waals surface area (Å²) >= 11 is 5.75. The van der Waals surface area contributed by atoms with E-state index in [0.29, 0.717) is 5.92 Å². The van der Waals surface area contributed by atoms with Crippen molar-refractivity contribution in [3.8, 4) is 0 Å². The smallest absolute Gasteiger partial charge is 0.289 e. The molecule has 0 aromatic heterocycles. The second-order valence-electron chi connectivity index (χ2n) is 4.39. The molecule has 0 bridgehead atoms. The van der Waals surface area contributed by atoms with E-state index in [4.69, 9.17) is 16.3 Å². The Balaban J connectivity index is 1.96. The summed E-state index contributed by atoms with van der Waals surface area (Å²) < 4.78 is 5.38. The molecule has 1 aromatic rings. The number of benzene rings is 1. The van der Waals surface area contributed by atoms with Gasteiger partial charge in [-0.3, -0.25) is 10.1 Å². The fourth-order valence-corrected chi connectivity index (χ4v) is 2.18. The van der Waals surface area contributed by atoms with Crippen molar-refractivity contribution in [2.75, 3.05) is 25.1 Å². The highest BCUT2D eigenvalue weighted by Crippen LogP contribution is 2.27. The lowest BCUT2D eigenvalue weighted by atomic mass is 10.0. The van der Waals surface area contributed by atoms with E-state index in [1.165, 1.54) is 6.07 Å². The van der Waals surface area contributed by atoms with Crippen LogP contribution < -0.4 is 5.32 Å². The first-order valence-corrected chi connectivity index (χ1v) is 6.30. The molecule has 0 amide bonds. The van der Waals surface area contributed by atoms with Gasteiger partial charge in [0.1, 0.15) is 5.02 Å². The maximum absolute atomic E-state index is 10.8. The summed E-state index contributed by atoms with van der Waals surface area (Å²) in [4.78, 5) is 10.3. The van der Waals surface area contributed by atoms with Crippen molar-refractivity contribution in [1.29, 1.82) is 0 Å². The molecule has 2 rings (SSSR count). The number of nitro groups is 1. The van der Waals surface area contributed by atoms with E-state index in [1.807, 2.05) is 0 Å². The molecule has 0 saturated carbocycles. The van der Waals surface area contributed by atoms with Crippen molar-refractivity contribution in [3.05, 3.63) is 33.3 Å². The first-order valence-electron chi connectivity index (χ1n) is 5.92. The van der Waals surface area contributed by atoms with Gasteiger partial charge in [0.05, 0.1) is 11.5 Å². The van der Waals surface area contributed by atoms with E-state index in [2.05, 4.69) is 5.32 Å². The molecule has 1 aliphatic rings. The zero-order valence-corrected chi connectivity index (χ0v) is 10.7. The highest BCUT2D eigenvalue weighted by Gasteiger charge is 2.15. The number of rotatable bonds is 4. The molecule has 98 valence electrons. The quantitative estimate of drug-likeness (QED) is 0.674. The third-order valence-corrected chi connectivity index (χ3v) is 3.31. The Kier molecular flexibility index (Phi) is 4.38. The van der Waals surface area contributed by atoms with Crippen LogP contribution in [-0.4, -0.2) is 24.7 Å². The van der Waals surface area contributed by atoms with E-state index < -0.39 is 4.92 Å². The van der Waals surface area contributed by atoms with Gasteiger partial charge in [0.15, 0.2) is 0 Å². The number of ether oxygens (including phenoxy) is 1. The van der Waals surface area contributed by atoms with Gasteiger partial charge >= 0.3 is 0 Å². The van der Waals surface area contributed by atoms with Crippen LogP contribution in [0.5, 0.6) is 0 Å². The lowest BCUT2D eigenvalue weighted by Gasteiger charge is -2.22. The van der Waals surface area contributed by atoms with E-state index in [1.54, 1.807) is 12.1 Å². The van der Waals surface area contributed by atoms with E-state index in [9.17, 15) is 10.1 Å². The topological polar surface area (TPSA) is 64.4 Å². The van der Waals surface area contributed by atoms with Crippen LogP contribution in [0.1, 0.15) is 12.8 Å². The van der Waals surface area contributed by atoms with E-state index >= 15 is 0 Å². The average molecular weight is 271 g/mol. The first kappa shape index (κ1) is 13.1. The second kappa shape index (κ2) is 6.02. The summed E-state index contributed by atoms with van der Waals surface area (Å²) in [7, 11) is 0. The summed E-state index contributed by atoms with van der Waals surface area (Å²) in [6.45, 7) is 2.35. The van der Waals surface area contributed by atoms with Gasteiger partial charge in [0, 0.05) is 24.9 Å². The molecular formula is C12H15ClN2O3. The molecule has 0 radical (unpaired) electrons. The summed E-state index contributed by atoms with van der Waals surface area (Å²) in [6.07, 6.45) is 2.20. The Hall–Kier alpha value is -1.33. The Morgan fingerprint density at radius 2 is 2.39 bits per heavy atom. The van der Waals surface area contributed by atoms with Gasteiger partial charge in [0.2, 0.25) is 0 Å². The maximum Gasteiger partial charge on any atom is 0.289 e. The highest BCUT2D eigenvalue weighted by atomic mass is 35.5. The SMILES string of the molecule is O=[N+]([O-])c1cc(NCC2CCCOC2)ccc1Cl. The summed E-state index contributed by atoms with van der Waals surface area (Å²) in [5.74, 6) is 0.466. The van der Waals surface area contributed by atoms with Crippen LogP contribution in [0.2, 0.25) is 5.02 Å². The van der Waals surface area contributed by atoms with Gasteiger partial charge in [-0.25, -0.2) is 0 Å². The average Bonchev–Trinajstić information content (AvgIpc) is 2.38. The number of nitrogens with one attached hydrogen (secondary N) is 1. The number of hydrogen-bond donors (Lipinski definition) is 1. The van der Waals surface area contributed by atoms with Crippen molar-refractivity contribution < 1.29 is 9.66 Å². The Bertz CT molecular complexity index is 433. The summed E-state index contributed by atoms with van der Waals surface area (Å²) in [5.41, 5.74) is 0.651. The molecule has 1 aromatic carbocycles. The van der Waals surface area contributed by atoms with Gasteiger partial charge in [-0.05, 0) is 30.9 Å². The normalized spacial score (nSPS) is 19.5. The third-order valence-electron chi connectivity index (χ3n) is 2.99. The number of anilines is 1. The molecule has 1 heterocycles. The van der Waals surface area contributed by atoms with Crippen molar-refractivity contribution in [2.45, 2.75) is 12.8 Å². The number of hydrogen-bond acceptors (Lipinski definition) is 4. The monoisotopic (exact) mass is 270 g/mol. The predicted molar refractivity (Wildman–Crippen MR) is 70.1 cm³/mol. The molecule has 1 aliphatic heterocycles. The van der Waals surface area contributed by atoms with Crippen LogP contribution in [0.25, 0.3) is 0 Å². The first-order chi connectivity index (χ1) is 8.66. The van der Waals surface area contributed by atoms with Crippen molar-refractivity contribution in [1.82, 2.24) is 0 Å². The Morgan fingerprint density at radius 3 is 3.06 bits per heavy atom. The minimum absolute atomic E-state index is 0.0680. The molecule has 5 nitrogen and oxygen atoms in total. The van der Waals surface area contributed by atoms with Crippen LogP contribution in [0.3, 0.4) is 0 Å². The standard InChI is InChI=1S/C12H15ClN2O3/c13-11-4-3-10(6-12(11)15(16)17)14-7-9-2-1-5-18-8-9/h3-4,6,9,14H,1-2,5,7-8H2. The molecule has 1 saturated heterocycles. The summed E-state index contributed by atoms with van der Waals surface area (Å²) in [6, 6.07) is 4.75. The van der Waals surface area contributed by atoms with Gasteiger partial charge in [0.25, 0.3) is 5.69 Å². The second-order valence-corrected chi connectivity index (χ2v) is 4.79. The van der Waals surface area contributed by atoms with Crippen LogP contribution in [0.15, 0.2) is 18.2 Å². The predicted octanol–water partition coefficient (Wildman–Crippen LogP) is 3.09. The van der Waals surface area contributed by atoms with Crippen molar-refractivity contribution in [2.24, 2.45) is 5.92 Å². The molecule has 1 atom stereocenters. The van der Waals surface area contributed by atoms with Crippen LogP contribution >= 0.6 is 11.6 Å². The van der Waals surface area contributed by atoms with Gasteiger partial charge < -0.3 is 10.1 Å². The molecule has 18 heavy (non-hydrogen) atoms. The van der Waals surface area contributed by atoms with Gasteiger partial charge in [-0.15, -0.1) is 0 Å². The lowest BCUT2D eigenvalue weighted by Crippen LogP contribution is -2.24. The number of halogens is 1. The van der Waals surface area contributed by atoms with E-state index in [-0.39, 0.29) is 10.7 Å². The number of nitro benzene ring substituents is 1. The zero-order valence-electron chi connectivity index (χ0n) is 9.89. The van der Waals surface area contributed by atoms with Crippen LogP contribution in [-0.2, 0) is 4.74 Å². The molecule has 1 N–H and O–H groups in total. The highest BCUT2D eigenvalue weighted by molar-refractivity contribution is 6.32. The molecule has 1 fully saturated rings. The van der Waals surface area contributed by atoms with Crippen LogP contribution in [0, 0.1) is 16.0 Å².